The van der Waals surface area contributed by atoms with Crippen molar-refractivity contribution in [3.8, 4) is 0 Å². The summed E-state index contributed by atoms with van der Waals surface area (Å²) in [5.41, 5.74) is -0.702. The van der Waals surface area contributed by atoms with Crippen LogP contribution in [-0.2, 0) is 26.1 Å². The minimum absolute atomic E-state index is 0.0233. The quantitative estimate of drug-likeness (QED) is 0.789. The summed E-state index contributed by atoms with van der Waals surface area (Å²) in [4.78, 5) is 34.7. The molecule has 0 radical (unpaired) electrons. The van der Waals surface area contributed by atoms with Crippen LogP contribution >= 0.6 is 0 Å². The van der Waals surface area contributed by atoms with Crippen LogP contribution in [-0.4, -0.2) is 41.3 Å². The maximum absolute atomic E-state index is 12.1. The van der Waals surface area contributed by atoms with E-state index in [1.165, 1.54) is 17.9 Å². The minimum Gasteiger partial charge on any atom is -0.464 e. The average Bonchev–Trinajstić information content (AvgIpc) is 2.92. The fourth-order valence-corrected chi connectivity index (χ4v) is 1.90. The van der Waals surface area contributed by atoms with E-state index in [2.05, 4.69) is 15.2 Å². The van der Waals surface area contributed by atoms with Crippen LogP contribution in [0, 0.1) is 5.41 Å². The van der Waals surface area contributed by atoms with Crippen molar-refractivity contribution < 1.29 is 23.9 Å². The molecule has 8 heteroatoms. The maximum atomic E-state index is 12.1. The number of carbonyl (C=O) groups excluding carboxylic acids is 3. The van der Waals surface area contributed by atoms with Crippen molar-refractivity contribution in [2.45, 2.75) is 13.3 Å². The number of hydrogen-bond donors (Lipinski definition) is 1. The lowest BCUT2D eigenvalue weighted by Gasteiger charge is -2.17. The number of cyclic esters (lactones) is 1. The molecule has 1 N–H and O–H groups in total. The van der Waals surface area contributed by atoms with Crippen LogP contribution in [0.1, 0.15) is 23.8 Å². The van der Waals surface area contributed by atoms with Gasteiger partial charge in [-0.05, 0) is 6.92 Å². The molecule has 8 nitrogen and oxygen atoms in total. The standard InChI is InChI=1S/C12H15N3O5/c1-12(5-9(16)20-6-12)11(18)13-8-4-7(10(17)19-3)15(2)14-8/h4H,5-6H2,1-3H3,(H,13,14,18). The van der Waals surface area contributed by atoms with Crippen LogP contribution in [0.5, 0.6) is 0 Å². The topological polar surface area (TPSA) is 99.5 Å². The average molecular weight is 281 g/mol. The lowest BCUT2D eigenvalue weighted by molar-refractivity contribution is -0.137. The fourth-order valence-electron chi connectivity index (χ4n) is 1.90. The highest BCUT2D eigenvalue weighted by molar-refractivity contribution is 5.98. The number of nitrogens with one attached hydrogen (secondary N) is 1. The zero-order valence-corrected chi connectivity index (χ0v) is 11.4. The van der Waals surface area contributed by atoms with Gasteiger partial charge in [0.1, 0.15) is 12.3 Å². The van der Waals surface area contributed by atoms with Crippen LogP contribution in [0.4, 0.5) is 5.82 Å². The zero-order chi connectivity index (χ0) is 14.9. The molecule has 0 bridgehead atoms. The molecule has 1 amide bonds. The Labute approximate surface area is 115 Å². The first-order valence-electron chi connectivity index (χ1n) is 5.95. The molecule has 0 spiro atoms. The molecule has 1 aliphatic rings. The molecule has 0 aromatic carbocycles. The van der Waals surface area contributed by atoms with Crippen LogP contribution in [0.3, 0.4) is 0 Å². The molecule has 1 fully saturated rings. The normalized spacial score (nSPS) is 21.4. The Bertz CT molecular complexity index is 580. The Morgan fingerprint density at radius 2 is 2.25 bits per heavy atom. The first kappa shape index (κ1) is 14.0. The van der Waals surface area contributed by atoms with Crippen molar-refractivity contribution in [3.05, 3.63) is 11.8 Å². The molecule has 108 valence electrons. The molecular formula is C12H15N3O5. The van der Waals surface area contributed by atoms with Crippen LogP contribution in [0.25, 0.3) is 0 Å². The van der Waals surface area contributed by atoms with E-state index < -0.39 is 17.4 Å². The van der Waals surface area contributed by atoms with E-state index in [0.717, 1.165) is 0 Å². The number of anilines is 1. The second kappa shape index (κ2) is 4.95. The highest BCUT2D eigenvalue weighted by Gasteiger charge is 2.43. The third kappa shape index (κ3) is 2.49. The summed E-state index contributed by atoms with van der Waals surface area (Å²) in [6.07, 6.45) is 0.0233. The third-order valence-electron chi connectivity index (χ3n) is 3.15. The van der Waals surface area contributed by atoms with Crippen LogP contribution in [0.15, 0.2) is 6.07 Å². The number of ether oxygens (including phenoxy) is 2. The summed E-state index contributed by atoms with van der Waals surface area (Å²) in [6, 6.07) is 1.41. The fraction of sp³-hybridized carbons (Fsp3) is 0.500. The van der Waals surface area contributed by atoms with E-state index in [4.69, 9.17) is 4.74 Å². The van der Waals surface area contributed by atoms with Gasteiger partial charge in [-0.25, -0.2) is 4.79 Å². The summed E-state index contributed by atoms with van der Waals surface area (Å²) in [6.45, 7) is 1.67. The molecule has 1 aliphatic heterocycles. The highest BCUT2D eigenvalue weighted by atomic mass is 16.5. The van der Waals surface area contributed by atoms with Gasteiger partial charge < -0.3 is 14.8 Å². The summed E-state index contributed by atoms with van der Waals surface area (Å²) in [5, 5.41) is 6.57. The summed E-state index contributed by atoms with van der Waals surface area (Å²) < 4.78 is 10.7. The van der Waals surface area contributed by atoms with Gasteiger partial charge in [0.2, 0.25) is 5.91 Å². The summed E-state index contributed by atoms with van der Waals surface area (Å²) >= 11 is 0. The van der Waals surface area contributed by atoms with E-state index in [0.29, 0.717) is 0 Å². The molecule has 20 heavy (non-hydrogen) atoms. The van der Waals surface area contributed by atoms with Crippen molar-refractivity contribution >= 4 is 23.7 Å². The molecular weight excluding hydrogens is 266 g/mol. The number of esters is 2. The van der Waals surface area contributed by atoms with Gasteiger partial charge in [0, 0.05) is 13.1 Å². The van der Waals surface area contributed by atoms with Gasteiger partial charge in [0.25, 0.3) is 0 Å². The number of carbonyl (C=O) groups is 3. The van der Waals surface area contributed by atoms with Crippen molar-refractivity contribution in [2.75, 3.05) is 19.0 Å². The predicted octanol–water partition coefficient (Wildman–Crippen LogP) is 0.0984. The lowest BCUT2D eigenvalue weighted by Crippen LogP contribution is -2.34. The van der Waals surface area contributed by atoms with Gasteiger partial charge in [-0.15, -0.1) is 0 Å². The number of aryl methyl sites for hydroxylation is 1. The summed E-state index contributed by atoms with van der Waals surface area (Å²) in [5.74, 6) is -1.11. The Kier molecular flexibility index (Phi) is 3.47. The van der Waals surface area contributed by atoms with E-state index in [1.54, 1.807) is 14.0 Å². The van der Waals surface area contributed by atoms with Crippen molar-refractivity contribution in [1.82, 2.24) is 9.78 Å². The largest absolute Gasteiger partial charge is 0.464 e. The Morgan fingerprint density at radius 3 is 2.80 bits per heavy atom. The van der Waals surface area contributed by atoms with Crippen LogP contribution < -0.4 is 5.32 Å². The molecule has 1 saturated heterocycles. The second-order valence-corrected chi connectivity index (χ2v) is 4.88. The van der Waals surface area contributed by atoms with Gasteiger partial charge >= 0.3 is 11.9 Å². The van der Waals surface area contributed by atoms with Crippen molar-refractivity contribution in [1.29, 1.82) is 0 Å². The number of aromatic nitrogens is 2. The second-order valence-electron chi connectivity index (χ2n) is 4.88. The smallest absolute Gasteiger partial charge is 0.356 e. The van der Waals surface area contributed by atoms with Gasteiger partial charge in [0.15, 0.2) is 5.82 Å². The van der Waals surface area contributed by atoms with Crippen molar-refractivity contribution in [2.24, 2.45) is 12.5 Å². The monoisotopic (exact) mass is 281 g/mol. The SMILES string of the molecule is COC(=O)c1cc(NC(=O)C2(C)COC(=O)C2)nn1C. The van der Waals surface area contributed by atoms with E-state index in [9.17, 15) is 14.4 Å². The van der Waals surface area contributed by atoms with Crippen molar-refractivity contribution in [3.63, 3.8) is 0 Å². The predicted molar refractivity (Wildman–Crippen MR) is 66.9 cm³/mol. The first-order valence-corrected chi connectivity index (χ1v) is 5.95. The summed E-state index contributed by atoms with van der Waals surface area (Å²) in [7, 11) is 2.82. The first-order chi connectivity index (χ1) is 9.35. The number of rotatable bonds is 3. The van der Waals surface area contributed by atoms with Gasteiger partial charge in [-0.3, -0.25) is 14.3 Å². The molecule has 0 saturated carbocycles. The number of amides is 1. The number of hydrogen-bond acceptors (Lipinski definition) is 6. The zero-order valence-electron chi connectivity index (χ0n) is 11.4. The molecule has 0 aliphatic carbocycles. The molecule has 1 atom stereocenters. The van der Waals surface area contributed by atoms with E-state index >= 15 is 0 Å². The van der Waals surface area contributed by atoms with E-state index in [1.807, 2.05) is 0 Å². The van der Waals surface area contributed by atoms with Crippen LogP contribution in [0.2, 0.25) is 0 Å². The molecule has 1 aromatic rings. The Morgan fingerprint density at radius 1 is 1.55 bits per heavy atom. The van der Waals surface area contributed by atoms with Gasteiger partial charge in [0.05, 0.1) is 18.9 Å². The number of methoxy groups -OCH3 is 1. The van der Waals surface area contributed by atoms with Gasteiger partial charge in [-0.2, -0.15) is 5.10 Å². The third-order valence-corrected chi connectivity index (χ3v) is 3.15. The lowest BCUT2D eigenvalue weighted by atomic mass is 9.89. The van der Waals surface area contributed by atoms with Gasteiger partial charge in [-0.1, -0.05) is 0 Å². The maximum Gasteiger partial charge on any atom is 0.356 e. The number of nitrogens with zero attached hydrogens (tertiary/aromatic N) is 2. The molecule has 1 aromatic heterocycles. The minimum atomic E-state index is -0.917. The molecule has 1 unspecified atom stereocenters. The highest BCUT2D eigenvalue weighted by Crippen LogP contribution is 2.30. The molecule has 2 heterocycles. The Hall–Kier alpha value is -2.38. The molecule has 2 rings (SSSR count). The Balaban J connectivity index is 2.13. The van der Waals surface area contributed by atoms with E-state index in [-0.39, 0.29) is 30.4 Å².